The number of aliphatic hydroxyl groups is 1. The van der Waals surface area contributed by atoms with Crippen molar-refractivity contribution in [3.63, 3.8) is 0 Å². The van der Waals surface area contributed by atoms with E-state index in [1.807, 2.05) is 0 Å². The van der Waals surface area contributed by atoms with E-state index in [-0.39, 0.29) is 6.10 Å². The number of hydrogen-bond donors (Lipinski definition) is 1. The van der Waals surface area contributed by atoms with Crippen molar-refractivity contribution in [2.24, 2.45) is 23.7 Å². The Balaban J connectivity index is 1.86. The molecule has 2 aliphatic rings. The maximum Gasteiger partial charge on any atom is 0.0571 e. The van der Waals surface area contributed by atoms with E-state index in [4.69, 9.17) is 0 Å². The van der Waals surface area contributed by atoms with Gasteiger partial charge in [-0.15, -0.1) is 0 Å². The first kappa shape index (κ1) is 14.4. The van der Waals surface area contributed by atoms with Crippen LogP contribution in [0.15, 0.2) is 0 Å². The summed E-state index contributed by atoms with van der Waals surface area (Å²) in [6.45, 7) is 4.63. The Hall–Kier alpha value is -0.0400. The molecule has 0 spiro atoms. The Morgan fingerprint density at radius 1 is 0.889 bits per heavy atom. The van der Waals surface area contributed by atoms with Crippen molar-refractivity contribution < 1.29 is 5.11 Å². The van der Waals surface area contributed by atoms with Gasteiger partial charge in [0.05, 0.1) is 6.10 Å². The predicted octanol–water partition coefficient (Wildman–Crippen LogP) is 4.78. The lowest BCUT2D eigenvalue weighted by Gasteiger charge is -2.41. The quantitative estimate of drug-likeness (QED) is 0.763. The van der Waals surface area contributed by atoms with E-state index in [0.717, 1.165) is 24.2 Å². The molecule has 2 saturated carbocycles. The summed E-state index contributed by atoms with van der Waals surface area (Å²) in [6.07, 6.45) is 13.3. The fourth-order valence-corrected chi connectivity index (χ4v) is 4.48. The Bertz CT molecular complexity index is 230. The number of rotatable bonds is 4. The zero-order valence-electron chi connectivity index (χ0n) is 12.4. The molecule has 0 bridgehead atoms. The number of aliphatic hydroxyl groups excluding tert-OH is 1. The van der Waals surface area contributed by atoms with Gasteiger partial charge in [0.1, 0.15) is 0 Å². The van der Waals surface area contributed by atoms with Crippen LogP contribution in [0.2, 0.25) is 0 Å². The molecule has 1 N–H and O–H groups in total. The summed E-state index contributed by atoms with van der Waals surface area (Å²) in [4.78, 5) is 0. The fraction of sp³-hybridized carbons (Fsp3) is 1.00. The summed E-state index contributed by atoms with van der Waals surface area (Å²) < 4.78 is 0. The standard InChI is InChI=1S/C17H32O/c1-3-5-14-8-11-17(18)16(12-14)15-9-6-13(4-2)7-10-15/h13-18H,3-12H2,1-2H3. The van der Waals surface area contributed by atoms with Gasteiger partial charge < -0.3 is 5.11 Å². The largest absolute Gasteiger partial charge is 0.393 e. The van der Waals surface area contributed by atoms with Crippen molar-refractivity contribution >= 4 is 0 Å². The van der Waals surface area contributed by atoms with Gasteiger partial charge in [0.15, 0.2) is 0 Å². The minimum atomic E-state index is 0.0151. The Kier molecular flexibility index (Phi) is 5.54. The fourth-order valence-electron chi connectivity index (χ4n) is 4.48. The maximum atomic E-state index is 10.3. The first-order chi connectivity index (χ1) is 8.74. The van der Waals surface area contributed by atoms with Gasteiger partial charge in [-0.3, -0.25) is 0 Å². The van der Waals surface area contributed by atoms with Crippen molar-refractivity contribution in [3.05, 3.63) is 0 Å². The SMILES string of the molecule is CCCC1CCC(O)C(C2CCC(CC)CC2)C1. The molecule has 0 aromatic heterocycles. The lowest BCUT2D eigenvalue weighted by atomic mass is 9.66. The van der Waals surface area contributed by atoms with Crippen LogP contribution < -0.4 is 0 Å². The molecular formula is C17H32O. The molecule has 0 aliphatic heterocycles. The highest BCUT2D eigenvalue weighted by molar-refractivity contribution is 4.86. The summed E-state index contributed by atoms with van der Waals surface area (Å²) in [5.74, 6) is 3.36. The van der Waals surface area contributed by atoms with Crippen LogP contribution in [-0.2, 0) is 0 Å². The molecule has 18 heavy (non-hydrogen) atoms. The monoisotopic (exact) mass is 252 g/mol. The lowest BCUT2D eigenvalue weighted by Crippen LogP contribution is -2.36. The highest BCUT2D eigenvalue weighted by Gasteiger charge is 2.35. The van der Waals surface area contributed by atoms with Gasteiger partial charge >= 0.3 is 0 Å². The summed E-state index contributed by atoms with van der Waals surface area (Å²) in [7, 11) is 0. The second kappa shape index (κ2) is 6.93. The van der Waals surface area contributed by atoms with Gasteiger partial charge in [0, 0.05) is 0 Å². The molecule has 3 unspecified atom stereocenters. The van der Waals surface area contributed by atoms with Gasteiger partial charge in [0.25, 0.3) is 0 Å². The molecule has 1 nitrogen and oxygen atoms in total. The summed E-state index contributed by atoms with van der Waals surface area (Å²) in [5, 5.41) is 10.3. The summed E-state index contributed by atoms with van der Waals surface area (Å²) in [5.41, 5.74) is 0. The Morgan fingerprint density at radius 3 is 2.17 bits per heavy atom. The van der Waals surface area contributed by atoms with E-state index in [9.17, 15) is 5.11 Å². The Morgan fingerprint density at radius 2 is 1.56 bits per heavy atom. The Labute approximate surface area is 113 Å². The second-order valence-electron chi connectivity index (χ2n) is 6.89. The first-order valence-electron chi connectivity index (χ1n) is 8.42. The van der Waals surface area contributed by atoms with Crippen molar-refractivity contribution in [1.29, 1.82) is 0 Å². The van der Waals surface area contributed by atoms with Gasteiger partial charge in [-0.05, 0) is 55.8 Å². The summed E-state index contributed by atoms with van der Waals surface area (Å²) in [6, 6.07) is 0. The molecule has 3 atom stereocenters. The van der Waals surface area contributed by atoms with Crippen molar-refractivity contribution in [3.8, 4) is 0 Å². The third-order valence-corrected chi connectivity index (χ3v) is 5.74. The average molecular weight is 252 g/mol. The molecule has 2 rings (SSSR count). The predicted molar refractivity (Wildman–Crippen MR) is 77.5 cm³/mol. The van der Waals surface area contributed by atoms with Gasteiger partial charge in [-0.1, -0.05) is 46.0 Å². The minimum absolute atomic E-state index is 0.0151. The van der Waals surface area contributed by atoms with Crippen LogP contribution in [-0.4, -0.2) is 11.2 Å². The van der Waals surface area contributed by atoms with E-state index >= 15 is 0 Å². The van der Waals surface area contributed by atoms with Gasteiger partial charge in [-0.2, -0.15) is 0 Å². The van der Waals surface area contributed by atoms with E-state index in [1.165, 1.54) is 57.8 Å². The zero-order chi connectivity index (χ0) is 13.0. The molecule has 0 radical (unpaired) electrons. The lowest BCUT2D eigenvalue weighted by molar-refractivity contribution is 0.000876. The van der Waals surface area contributed by atoms with Crippen LogP contribution in [0.25, 0.3) is 0 Å². The van der Waals surface area contributed by atoms with Crippen LogP contribution >= 0.6 is 0 Å². The molecule has 0 saturated heterocycles. The van der Waals surface area contributed by atoms with Crippen molar-refractivity contribution in [2.75, 3.05) is 0 Å². The van der Waals surface area contributed by atoms with E-state index < -0.39 is 0 Å². The second-order valence-corrected chi connectivity index (χ2v) is 6.89. The van der Waals surface area contributed by atoms with E-state index in [1.54, 1.807) is 0 Å². The number of hydrogen-bond acceptors (Lipinski definition) is 1. The van der Waals surface area contributed by atoms with Gasteiger partial charge in [-0.25, -0.2) is 0 Å². The molecule has 0 amide bonds. The third kappa shape index (κ3) is 3.50. The van der Waals surface area contributed by atoms with Crippen LogP contribution in [0.3, 0.4) is 0 Å². The van der Waals surface area contributed by atoms with E-state index in [0.29, 0.717) is 5.92 Å². The topological polar surface area (TPSA) is 20.2 Å². The molecule has 0 aromatic carbocycles. The first-order valence-corrected chi connectivity index (χ1v) is 8.42. The molecular weight excluding hydrogens is 220 g/mol. The van der Waals surface area contributed by atoms with Crippen molar-refractivity contribution in [2.45, 2.75) is 84.2 Å². The molecule has 1 heteroatoms. The molecule has 0 aromatic rings. The summed E-state index contributed by atoms with van der Waals surface area (Å²) >= 11 is 0. The average Bonchev–Trinajstić information content (AvgIpc) is 2.41. The van der Waals surface area contributed by atoms with Crippen LogP contribution in [0.5, 0.6) is 0 Å². The van der Waals surface area contributed by atoms with Crippen molar-refractivity contribution in [1.82, 2.24) is 0 Å². The smallest absolute Gasteiger partial charge is 0.0571 e. The van der Waals surface area contributed by atoms with E-state index in [2.05, 4.69) is 13.8 Å². The van der Waals surface area contributed by atoms with Crippen LogP contribution in [0.4, 0.5) is 0 Å². The zero-order valence-corrected chi connectivity index (χ0v) is 12.4. The van der Waals surface area contributed by atoms with Crippen LogP contribution in [0.1, 0.15) is 78.1 Å². The maximum absolute atomic E-state index is 10.3. The third-order valence-electron chi connectivity index (χ3n) is 5.74. The molecule has 0 heterocycles. The molecule has 106 valence electrons. The highest BCUT2D eigenvalue weighted by Crippen LogP contribution is 2.43. The normalized spacial score (nSPS) is 41.8. The highest BCUT2D eigenvalue weighted by atomic mass is 16.3. The molecule has 2 aliphatic carbocycles. The van der Waals surface area contributed by atoms with Gasteiger partial charge in [0.2, 0.25) is 0 Å². The minimum Gasteiger partial charge on any atom is -0.393 e. The molecule has 2 fully saturated rings. The van der Waals surface area contributed by atoms with Crippen LogP contribution in [0, 0.1) is 23.7 Å².